The number of ether oxygens (including phenoxy) is 1. The molecule has 0 aromatic heterocycles. The number of piperidine rings is 1. The average Bonchev–Trinajstić information content (AvgIpc) is 2.41. The van der Waals surface area contributed by atoms with Crippen LogP contribution in [0.4, 0.5) is 0 Å². The molecule has 0 spiro atoms. The number of benzene rings is 1. The van der Waals surface area contributed by atoms with Crippen molar-refractivity contribution in [2.45, 2.75) is 13.3 Å². The van der Waals surface area contributed by atoms with Gasteiger partial charge in [-0.05, 0) is 34.1 Å². The van der Waals surface area contributed by atoms with E-state index < -0.39 is 0 Å². The summed E-state index contributed by atoms with van der Waals surface area (Å²) in [5.41, 5.74) is 0.570. The molecule has 1 amide bonds. The van der Waals surface area contributed by atoms with Crippen molar-refractivity contribution >= 4 is 27.6 Å². The number of carbonyl (C=O) groups is 2. The molecule has 1 aromatic rings. The maximum absolute atomic E-state index is 12.5. The number of amides is 1. The Labute approximate surface area is 120 Å². The van der Waals surface area contributed by atoms with Gasteiger partial charge in [0.1, 0.15) is 11.5 Å². The fraction of sp³-hybridized carbons (Fsp3) is 0.429. The molecule has 102 valence electrons. The summed E-state index contributed by atoms with van der Waals surface area (Å²) in [7, 11) is 1.57. The normalized spacial score (nSPS) is 19.4. The van der Waals surface area contributed by atoms with E-state index in [1.807, 2.05) is 6.92 Å². The zero-order valence-corrected chi connectivity index (χ0v) is 12.6. The number of Topliss-reactive ketones (excluding diaryl/α,β-unsaturated/α-hetero) is 1. The Morgan fingerprint density at radius 1 is 1.47 bits per heavy atom. The lowest BCUT2D eigenvalue weighted by Crippen LogP contribution is -2.43. The molecule has 1 unspecified atom stereocenters. The van der Waals surface area contributed by atoms with Crippen LogP contribution in [0.2, 0.25) is 0 Å². The van der Waals surface area contributed by atoms with Gasteiger partial charge in [-0.15, -0.1) is 0 Å². The van der Waals surface area contributed by atoms with Crippen molar-refractivity contribution in [3.8, 4) is 5.75 Å². The zero-order chi connectivity index (χ0) is 14.0. The molecule has 5 heteroatoms. The Bertz CT molecular complexity index is 515. The van der Waals surface area contributed by atoms with E-state index in [2.05, 4.69) is 15.9 Å². The number of carbonyl (C=O) groups excluding carboxylic acids is 2. The molecular formula is C14H16BrNO3. The monoisotopic (exact) mass is 325 g/mol. The summed E-state index contributed by atoms with van der Waals surface area (Å²) in [4.78, 5) is 25.7. The molecule has 1 fully saturated rings. The van der Waals surface area contributed by atoms with Crippen LogP contribution in [0.5, 0.6) is 5.75 Å². The van der Waals surface area contributed by atoms with Gasteiger partial charge >= 0.3 is 0 Å². The number of methoxy groups -OCH3 is 1. The van der Waals surface area contributed by atoms with Gasteiger partial charge in [0.25, 0.3) is 5.91 Å². The summed E-state index contributed by atoms with van der Waals surface area (Å²) in [6, 6.07) is 5.31. The second-order valence-electron chi connectivity index (χ2n) is 4.71. The Kier molecular flexibility index (Phi) is 4.24. The highest BCUT2D eigenvalue weighted by molar-refractivity contribution is 9.10. The maximum atomic E-state index is 12.5. The lowest BCUT2D eigenvalue weighted by molar-refractivity contribution is -0.124. The van der Waals surface area contributed by atoms with E-state index in [-0.39, 0.29) is 17.6 Å². The first-order chi connectivity index (χ1) is 9.02. The minimum atomic E-state index is -0.0814. The van der Waals surface area contributed by atoms with Crippen LogP contribution in [-0.4, -0.2) is 36.8 Å². The van der Waals surface area contributed by atoms with Gasteiger partial charge < -0.3 is 9.64 Å². The third kappa shape index (κ3) is 2.97. The molecule has 0 saturated carbocycles. The highest BCUT2D eigenvalue weighted by Crippen LogP contribution is 2.25. The predicted octanol–water partition coefficient (Wildman–Crippen LogP) is 2.51. The van der Waals surface area contributed by atoms with Gasteiger partial charge in [-0.25, -0.2) is 0 Å². The molecule has 4 nitrogen and oxygen atoms in total. The molecule has 0 bridgehead atoms. The topological polar surface area (TPSA) is 46.6 Å². The number of nitrogens with zero attached hydrogens (tertiary/aromatic N) is 1. The van der Waals surface area contributed by atoms with Crippen molar-refractivity contribution in [3.05, 3.63) is 28.2 Å². The van der Waals surface area contributed by atoms with E-state index in [4.69, 9.17) is 4.74 Å². The van der Waals surface area contributed by atoms with Crippen LogP contribution in [0.3, 0.4) is 0 Å². The number of hydrogen-bond acceptors (Lipinski definition) is 3. The summed E-state index contributed by atoms with van der Waals surface area (Å²) < 4.78 is 5.88. The van der Waals surface area contributed by atoms with Gasteiger partial charge in [0.15, 0.2) is 0 Å². The van der Waals surface area contributed by atoms with Gasteiger partial charge in [-0.2, -0.15) is 0 Å². The highest BCUT2D eigenvalue weighted by atomic mass is 79.9. The highest BCUT2D eigenvalue weighted by Gasteiger charge is 2.28. The Morgan fingerprint density at radius 2 is 2.21 bits per heavy atom. The first kappa shape index (κ1) is 14.1. The quantitative estimate of drug-likeness (QED) is 0.839. The van der Waals surface area contributed by atoms with Crippen molar-refractivity contribution in [3.63, 3.8) is 0 Å². The van der Waals surface area contributed by atoms with Gasteiger partial charge in [0.2, 0.25) is 0 Å². The van der Waals surface area contributed by atoms with Gasteiger partial charge in [-0.1, -0.05) is 6.92 Å². The van der Waals surface area contributed by atoms with Gasteiger partial charge in [0, 0.05) is 29.9 Å². The van der Waals surface area contributed by atoms with Gasteiger partial charge in [0.05, 0.1) is 12.7 Å². The third-order valence-corrected chi connectivity index (χ3v) is 4.05. The van der Waals surface area contributed by atoms with Crippen LogP contribution in [0, 0.1) is 5.92 Å². The molecule has 1 saturated heterocycles. The van der Waals surface area contributed by atoms with E-state index in [1.54, 1.807) is 30.2 Å². The zero-order valence-electron chi connectivity index (χ0n) is 11.0. The molecule has 2 rings (SSSR count). The summed E-state index contributed by atoms with van der Waals surface area (Å²) in [6.45, 7) is 2.84. The van der Waals surface area contributed by atoms with Crippen LogP contribution < -0.4 is 4.74 Å². The Balaban J connectivity index is 2.22. The van der Waals surface area contributed by atoms with Crippen molar-refractivity contribution in [2.24, 2.45) is 5.92 Å². The second kappa shape index (κ2) is 5.74. The molecule has 1 atom stereocenters. The van der Waals surface area contributed by atoms with Crippen molar-refractivity contribution < 1.29 is 14.3 Å². The maximum Gasteiger partial charge on any atom is 0.255 e. The van der Waals surface area contributed by atoms with Crippen molar-refractivity contribution in [1.82, 2.24) is 4.90 Å². The SMILES string of the molecule is COc1ccc(Br)c(C(=O)N2CCC(=O)C(C)C2)c1. The average molecular weight is 326 g/mol. The van der Waals surface area contributed by atoms with Crippen LogP contribution in [0.1, 0.15) is 23.7 Å². The van der Waals surface area contributed by atoms with E-state index in [0.29, 0.717) is 30.8 Å². The molecule has 1 aliphatic rings. The van der Waals surface area contributed by atoms with E-state index >= 15 is 0 Å². The third-order valence-electron chi connectivity index (χ3n) is 3.36. The number of hydrogen-bond donors (Lipinski definition) is 0. The van der Waals surface area contributed by atoms with Crippen LogP contribution in [0.25, 0.3) is 0 Å². The molecule has 1 aromatic carbocycles. The van der Waals surface area contributed by atoms with Crippen molar-refractivity contribution in [1.29, 1.82) is 0 Å². The largest absolute Gasteiger partial charge is 0.497 e. The summed E-state index contributed by atoms with van der Waals surface area (Å²) in [5, 5.41) is 0. The van der Waals surface area contributed by atoms with E-state index in [9.17, 15) is 9.59 Å². The predicted molar refractivity (Wildman–Crippen MR) is 75.4 cm³/mol. The number of halogens is 1. The first-order valence-electron chi connectivity index (χ1n) is 6.18. The van der Waals surface area contributed by atoms with Crippen LogP contribution in [0.15, 0.2) is 22.7 Å². The number of likely N-dealkylation sites (tertiary alicyclic amines) is 1. The fourth-order valence-electron chi connectivity index (χ4n) is 2.17. The molecule has 0 radical (unpaired) electrons. The van der Waals surface area contributed by atoms with Crippen LogP contribution in [-0.2, 0) is 4.79 Å². The first-order valence-corrected chi connectivity index (χ1v) is 6.97. The molecule has 19 heavy (non-hydrogen) atoms. The van der Waals surface area contributed by atoms with Crippen molar-refractivity contribution in [2.75, 3.05) is 20.2 Å². The number of rotatable bonds is 2. The summed E-state index contributed by atoms with van der Waals surface area (Å²) in [5.74, 6) is 0.730. The van der Waals surface area contributed by atoms with E-state index in [1.165, 1.54) is 0 Å². The lowest BCUT2D eigenvalue weighted by Gasteiger charge is -2.30. The molecular weight excluding hydrogens is 310 g/mol. The summed E-state index contributed by atoms with van der Waals surface area (Å²) in [6.07, 6.45) is 0.439. The molecule has 1 heterocycles. The lowest BCUT2D eigenvalue weighted by atomic mass is 9.98. The number of ketones is 1. The second-order valence-corrected chi connectivity index (χ2v) is 5.57. The molecule has 0 aliphatic carbocycles. The Morgan fingerprint density at radius 3 is 2.84 bits per heavy atom. The van der Waals surface area contributed by atoms with Crippen LogP contribution >= 0.6 is 15.9 Å². The standard InChI is InChI=1S/C14H16BrNO3/c1-9-8-16(6-5-13(9)17)14(18)11-7-10(19-2)3-4-12(11)15/h3-4,7,9H,5-6,8H2,1-2H3. The molecule has 0 N–H and O–H groups in total. The smallest absolute Gasteiger partial charge is 0.255 e. The minimum Gasteiger partial charge on any atom is -0.497 e. The summed E-state index contributed by atoms with van der Waals surface area (Å²) >= 11 is 3.38. The van der Waals surface area contributed by atoms with E-state index in [0.717, 1.165) is 4.47 Å². The Hall–Kier alpha value is -1.36. The van der Waals surface area contributed by atoms with Gasteiger partial charge in [-0.3, -0.25) is 9.59 Å². The minimum absolute atomic E-state index is 0.0647. The molecule has 1 aliphatic heterocycles. The fourth-order valence-corrected chi connectivity index (χ4v) is 2.58.